The minimum Gasteiger partial charge on any atom is -0.402 e. The molecule has 6 heavy (non-hydrogen) atoms. The van der Waals surface area contributed by atoms with Crippen molar-refractivity contribution >= 4 is 24.7 Å². The Morgan fingerprint density at radius 1 is 1.00 bits per heavy atom. The maximum Gasteiger partial charge on any atom is 0.631 e. The smallest absolute Gasteiger partial charge is 0.402 e. The van der Waals surface area contributed by atoms with E-state index in [-0.39, 0.29) is 58.2 Å². The van der Waals surface area contributed by atoms with Crippen molar-refractivity contribution in [2.24, 2.45) is 0 Å². The zero-order chi connectivity index (χ0) is 3.58. The molecule has 0 rings (SSSR count). The van der Waals surface area contributed by atoms with Crippen LogP contribution in [0, 0.1) is 40.8 Å². The van der Waals surface area contributed by atoms with Gasteiger partial charge in [-0.15, -0.1) is 0 Å². The Bertz CT molecular complexity index is 15.5. The first kappa shape index (κ1) is 15.7. The number of rotatable bonds is 0. The van der Waals surface area contributed by atoms with E-state index in [1.807, 2.05) is 0 Å². The summed E-state index contributed by atoms with van der Waals surface area (Å²) in [6, 6.07) is 0. The van der Waals surface area contributed by atoms with Crippen molar-refractivity contribution in [3.63, 3.8) is 0 Å². The van der Waals surface area contributed by atoms with Crippen LogP contribution in [0.4, 0.5) is 0 Å². The molecule has 0 saturated heterocycles. The van der Waals surface area contributed by atoms with Crippen LogP contribution in [0.25, 0.3) is 0 Å². The van der Waals surface area contributed by atoms with Crippen molar-refractivity contribution in [3.05, 3.63) is 0 Å². The first-order valence-corrected chi connectivity index (χ1v) is 0.775. The predicted molar refractivity (Wildman–Crippen MR) is 22.3 cm³/mol. The molecule has 34 valence electrons. The van der Waals surface area contributed by atoms with E-state index in [1.54, 1.807) is 0 Å². The average Bonchev–Trinajstić information content (AvgIpc) is 0.811. The van der Waals surface area contributed by atoms with Crippen LogP contribution in [0.1, 0.15) is 0 Å². The summed E-state index contributed by atoms with van der Waals surface area (Å²) in [6.45, 7) is 0. The molecule has 0 atom stereocenters. The SMILES string of the molecule is OB(O)O.[AlH3].[Nd]. The minimum absolute atomic E-state index is 0. The number of hydrogen-bond acceptors (Lipinski definition) is 3. The molecule has 6 heteroatoms. The fourth-order valence-electron chi connectivity index (χ4n) is 0. The van der Waals surface area contributed by atoms with Crippen LogP contribution in [0.15, 0.2) is 0 Å². The third kappa shape index (κ3) is 40.7. The monoisotopic (exact) mass is 234 g/mol. The van der Waals surface area contributed by atoms with Crippen molar-refractivity contribution in [2.45, 2.75) is 0 Å². The second kappa shape index (κ2) is 9.95. The fourth-order valence-corrected chi connectivity index (χ4v) is 0. The Kier molecular flexibility index (Phi) is 26.0. The maximum absolute atomic E-state index is 7.17. The molecule has 0 aromatic carbocycles. The van der Waals surface area contributed by atoms with Gasteiger partial charge in [0.25, 0.3) is 0 Å². The van der Waals surface area contributed by atoms with Gasteiger partial charge in [-0.25, -0.2) is 0 Å². The molecule has 0 amide bonds. The van der Waals surface area contributed by atoms with E-state index in [9.17, 15) is 0 Å². The van der Waals surface area contributed by atoms with Crippen LogP contribution in [-0.2, 0) is 0 Å². The van der Waals surface area contributed by atoms with Gasteiger partial charge < -0.3 is 15.1 Å². The van der Waals surface area contributed by atoms with E-state index in [4.69, 9.17) is 15.1 Å². The van der Waals surface area contributed by atoms with Gasteiger partial charge in [-0.3, -0.25) is 0 Å². The van der Waals surface area contributed by atoms with Gasteiger partial charge in [0.1, 0.15) is 0 Å². The van der Waals surface area contributed by atoms with Gasteiger partial charge in [0.2, 0.25) is 0 Å². The fraction of sp³-hybridized carbons (Fsp3) is 0. The number of hydrogen-bond donors (Lipinski definition) is 3. The summed E-state index contributed by atoms with van der Waals surface area (Å²) in [5, 5.41) is 21.5. The summed E-state index contributed by atoms with van der Waals surface area (Å²) >= 11 is 0. The molecule has 0 fully saturated rings. The van der Waals surface area contributed by atoms with Gasteiger partial charge in [-0.1, -0.05) is 0 Å². The minimum atomic E-state index is -2.17. The van der Waals surface area contributed by atoms with Gasteiger partial charge in [-0.05, 0) is 0 Å². The van der Waals surface area contributed by atoms with Crippen LogP contribution >= 0.6 is 0 Å². The Morgan fingerprint density at radius 3 is 1.00 bits per heavy atom. The molecule has 0 aliphatic rings. The molecule has 0 saturated carbocycles. The van der Waals surface area contributed by atoms with Crippen molar-refractivity contribution in [2.75, 3.05) is 0 Å². The van der Waals surface area contributed by atoms with E-state index in [2.05, 4.69) is 0 Å². The molecule has 0 aromatic rings. The topological polar surface area (TPSA) is 60.7 Å². The molecular weight excluding hydrogens is 230 g/mol. The van der Waals surface area contributed by atoms with Crippen molar-refractivity contribution in [3.8, 4) is 0 Å². The maximum atomic E-state index is 7.17. The van der Waals surface area contributed by atoms with Crippen molar-refractivity contribution in [1.29, 1.82) is 0 Å². The Morgan fingerprint density at radius 2 is 1.00 bits per heavy atom. The van der Waals surface area contributed by atoms with E-state index >= 15 is 0 Å². The quantitative estimate of drug-likeness (QED) is 0.387. The van der Waals surface area contributed by atoms with Crippen LogP contribution < -0.4 is 0 Å². The van der Waals surface area contributed by atoms with Gasteiger partial charge in [0.15, 0.2) is 17.4 Å². The summed E-state index contributed by atoms with van der Waals surface area (Å²) < 4.78 is 0. The molecule has 0 heterocycles. The molecule has 3 N–H and O–H groups in total. The molecule has 3 nitrogen and oxygen atoms in total. The molecule has 0 spiro atoms. The average molecular weight is 236 g/mol. The zero-order valence-corrected chi connectivity index (χ0v) is 5.63. The predicted octanol–water partition coefficient (Wildman–Crippen LogP) is -3.24. The van der Waals surface area contributed by atoms with Gasteiger partial charge in [-0.2, -0.15) is 0 Å². The van der Waals surface area contributed by atoms with Gasteiger partial charge in [0, 0.05) is 40.8 Å². The molecule has 0 aliphatic carbocycles. The van der Waals surface area contributed by atoms with Gasteiger partial charge in [0.05, 0.1) is 0 Å². The molecule has 0 radical (unpaired) electrons. The largest absolute Gasteiger partial charge is 0.631 e. The Hall–Kier alpha value is 1.83. The standard InChI is InChI=1S/Al.BH3O3.Nd.3H/c;2-1(3)4;;;;/h;2-4H;;;;. The normalized spacial score (nSPS) is 4.50. The van der Waals surface area contributed by atoms with Crippen LogP contribution in [-0.4, -0.2) is 39.8 Å². The zero-order valence-electron chi connectivity index (χ0n) is 2.42. The second-order valence-electron chi connectivity index (χ2n) is 0.346. The molecule has 0 aliphatic heterocycles. The van der Waals surface area contributed by atoms with Crippen molar-refractivity contribution in [1.82, 2.24) is 0 Å². The van der Waals surface area contributed by atoms with Crippen LogP contribution in [0.3, 0.4) is 0 Å². The summed E-state index contributed by atoms with van der Waals surface area (Å²) in [7, 11) is -2.17. The molecule has 0 bridgehead atoms. The van der Waals surface area contributed by atoms with E-state index in [0.717, 1.165) is 0 Å². The Labute approximate surface area is 79.6 Å². The summed E-state index contributed by atoms with van der Waals surface area (Å²) in [6.07, 6.45) is 0. The van der Waals surface area contributed by atoms with Crippen LogP contribution in [0.5, 0.6) is 0 Å². The van der Waals surface area contributed by atoms with Crippen LogP contribution in [0.2, 0.25) is 0 Å². The third-order valence-electron chi connectivity index (χ3n) is 0. The van der Waals surface area contributed by atoms with Gasteiger partial charge >= 0.3 is 7.32 Å². The third-order valence-corrected chi connectivity index (χ3v) is 0. The van der Waals surface area contributed by atoms with E-state index < -0.39 is 7.32 Å². The summed E-state index contributed by atoms with van der Waals surface area (Å²) in [5.74, 6) is 0. The first-order valence-electron chi connectivity index (χ1n) is 0.775. The molecular formula is H6AlBNdO3. The molecule has 0 unspecified atom stereocenters. The second-order valence-corrected chi connectivity index (χ2v) is 0.346. The summed E-state index contributed by atoms with van der Waals surface area (Å²) in [4.78, 5) is 0. The Balaban J connectivity index is -0.0000000450. The summed E-state index contributed by atoms with van der Waals surface area (Å²) in [5.41, 5.74) is 0. The van der Waals surface area contributed by atoms with E-state index in [1.165, 1.54) is 0 Å². The van der Waals surface area contributed by atoms with Crippen molar-refractivity contribution < 1.29 is 55.9 Å². The van der Waals surface area contributed by atoms with E-state index in [0.29, 0.717) is 0 Å². The first-order chi connectivity index (χ1) is 1.73. The molecule has 0 aromatic heterocycles.